The highest BCUT2D eigenvalue weighted by molar-refractivity contribution is 5.95. The fourth-order valence-corrected chi connectivity index (χ4v) is 2.70. The highest BCUT2D eigenvalue weighted by Crippen LogP contribution is 2.21. The lowest BCUT2D eigenvalue weighted by atomic mass is 10.0. The fraction of sp³-hybridized carbons (Fsp3) is 0.471. The van der Waals surface area contributed by atoms with E-state index in [4.69, 9.17) is 6.42 Å². The molecule has 1 aliphatic heterocycles. The highest BCUT2D eigenvalue weighted by Gasteiger charge is 2.28. The lowest BCUT2D eigenvalue weighted by Gasteiger charge is -2.33. The Morgan fingerprint density at radius 3 is 3.00 bits per heavy atom. The van der Waals surface area contributed by atoms with Crippen LogP contribution in [0.25, 0.3) is 0 Å². The lowest BCUT2D eigenvalue weighted by Crippen LogP contribution is -2.47. The van der Waals surface area contributed by atoms with Crippen molar-refractivity contribution in [2.75, 3.05) is 18.4 Å². The predicted octanol–water partition coefficient (Wildman–Crippen LogP) is 2.73. The van der Waals surface area contributed by atoms with Gasteiger partial charge in [-0.1, -0.05) is 24.5 Å². The minimum Gasteiger partial charge on any atom is -0.324 e. The average molecular weight is 270 g/mol. The second-order valence-corrected chi connectivity index (χ2v) is 5.42. The Bertz CT molecular complexity index is 530. The first-order valence-corrected chi connectivity index (χ1v) is 7.18. The third-order valence-electron chi connectivity index (χ3n) is 4.07. The zero-order valence-corrected chi connectivity index (χ0v) is 12.3. The van der Waals surface area contributed by atoms with E-state index in [2.05, 4.69) is 29.1 Å². The van der Waals surface area contributed by atoms with Crippen LogP contribution in [0.5, 0.6) is 0 Å². The normalized spacial score (nSPS) is 19.4. The molecule has 1 fully saturated rings. The van der Waals surface area contributed by atoms with Crippen molar-refractivity contribution in [3.05, 3.63) is 29.3 Å². The molecule has 0 aliphatic carbocycles. The number of hydrogen-bond donors (Lipinski definition) is 1. The Morgan fingerprint density at radius 2 is 2.25 bits per heavy atom. The minimum atomic E-state index is -0.0975. The lowest BCUT2D eigenvalue weighted by molar-refractivity contribution is -0.122. The van der Waals surface area contributed by atoms with Crippen LogP contribution in [0.15, 0.2) is 18.2 Å². The predicted molar refractivity (Wildman–Crippen MR) is 82.6 cm³/mol. The fourth-order valence-electron chi connectivity index (χ4n) is 2.70. The molecule has 0 spiro atoms. The van der Waals surface area contributed by atoms with Gasteiger partial charge in [0.15, 0.2) is 0 Å². The molecule has 3 nitrogen and oxygen atoms in total. The van der Waals surface area contributed by atoms with Gasteiger partial charge in [0, 0.05) is 5.69 Å². The van der Waals surface area contributed by atoms with Gasteiger partial charge in [0.25, 0.3) is 0 Å². The molecule has 0 bridgehead atoms. The van der Waals surface area contributed by atoms with Crippen molar-refractivity contribution < 1.29 is 4.79 Å². The molecule has 20 heavy (non-hydrogen) atoms. The second kappa shape index (κ2) is 6.58. The zero-order valence-electron chi connectivity index (χ0n) is 12.3. The summed E-state index contributed by atoms with van der Waals surface area (Å²) in [5.41, 5.74) is 3.22. The van der Waals surface area contributed by atoms with Gasteiger partial charge in [-0.05, 0) is 50.4 Å². The first-order chi connectivity index (χ1) is 9.63. The second-order valence-electron chi connectivity index (χ2n) is 5.42. The smallest absolute Gasteiger partial charge is 0.241 e. The molecule has 1 aliphatic rings. The highest BCUT2D eigenvalue weighted by atomic mass is 16.2. The number of anilines is 1. The first-order valence-electron chi connectivity index (χ1n) is 7.18. The van der Waals surface area contributed by atoms with Gasteiger partial charge in [-0.25, -0.2) is 0 Å². The van der Waals surface area contributed by atoms with E-state index in [1.54, 1.807) is 0 Å². The summed E-state index contributed by atoms with van der Waals surface area (Å²) < 4.78 is 0. The molecule has 1 amide bonds. The number of rotatable bonds is 3. The maximum atomic E-state index is 12.5. The van der Waals surface area contributed by atoms with E-state index in [0.29, 0.717) is 6.54 Å². The molecule has 0 aromatic heterocycles. The van der Waals surface area contributed by atoms with E-state index in [-0.39, 0.29) is 11.9 Å². The molecule has 1 unspecified atom stereocenters. The number of hydrogen-bond acceptors (Lipinski definition) is 2. The summed E-state index contributed by atoms with van der Waals surface area (Å²) in [5, 5.41) is 3.06. The van der Waals surface area contributed by atoms with Gasteiger partial charge in [0.05, 0.1) is 12.6 Å². The largest absolute Gasteiger partial charge is 0.324 e. The van der Waals surface area contributed by atoms with Gasteiger partial charge in [-0.2, -0.15) is 0 Å². The number of terminal acetylenes is 1. The van der Waals surface area contributed by atoms with E-state index >= 15 is 0 Å². The van der Waals surface area contributed by atoms with Gasteiger partial charge in [-0.15, -0.1) is 6.42 Å². The van der Waals surface area contributed by atoms with Crippen molar-refractivity contribution in [1.82, 2.24) is 4.90 Å². The zero-order chi connectivity index (χ0) is 14.5. The first kappa shape index (κ1) is 14.6. The van der Waals surface area contributed by atoms with Gasteiger partial charge < -0.3 is 5.32 Å². The molecular formula is C17H22N2O. The molecule has 106 valence electrons. The number of aryl methyl sites for hydroxylation is 1. The Balaban J connectivity index is 2.10. The summed E-state index contributed by atoms with van der Waals surface area (Å²) in [7, 11) is 0. The number of nitrogens with one attached hydrogen (secondary N) is 1. The van der Waals surface area contributed by atoms with Crippen molar-refractivity contribution in [2.24, 2.45) is 0 Å². The summed E-state index contributed by atoms with van der Waals surface area (Å²) in [6.07, 6.45) is 8.49. The Labute approximate surface area is 121 Å². The molecule has 3 heteroatoms. The van der Waals surface area contributed by atoms with Gasteiger partial charge in [0.1, 0.15) is 0 Å². The Hall–Kier alpha value is -1.79. The SMILES string of the molecule is C#CCN1CCCCC1C(=O)Nc1cccc(C)c1C. The van der Waals surface area contributed by atoms with E-state index in [1.165, 1.54) is 5.56 Å². The maximum Gasteiger partial charge on any atom is 0.241 e. The van der Waals surface area contributed by atoms with Gasteiger partial charge in [-0.3, -0.25) is 9.69 Å². The summed E-state index contributed by atoms with van der Waals surface area (Å²) in [6, 6.07) is 5.88. The number of carbonyl (C=O) groups is 1. The van der Waals surface area contributed by atoms with Gasteiger partial charge >= 0.3 is 0 Å². The molecule has 1 saturated heterocycles. The molecule has 2 rings (SSSR count). The number of benzene rings is 1. The van der Waals surface area contributed by atoms with E-state index in [1.807, 2.05) is 19.1 Å². The van der Waals surface area contributed by atoms with Crippen LogP contribution in [0, 0.1) is 26.2 Å². The topological polar surface area (TPSA) is 32.3 Å². The minimum absolute atomic E-state index is 0.0636. The molecule has 1 heterocycles. The average Bonchev–Trinajstić information content (AvgIpc) is 2.45. The number of carbonyl (C=O) groups excluding carboxylic acids is 1. The molecule has 1 N–H and O–H groups in total. The van der Waals surface area contributed by atoms with E-state index in [0.717, 1.165) is 37.1 Å². The third kappa shape index (κ3) is 3.20. The number of piperidine rings is 1. The van der Waals surface area contributed by atoms with Crippen LogP contribution in [0.1, 0.15) is 30.4 Å². The van der Waals surface area contributed by atoms with Crippen molar-refractivity contribution >= 4 is 11.6 Å². The summed E-state index contributed by atoms with van der Waals surface area (Å²) in [4.78, 5) is 14.6. The van der Waals surface area contributed by atoms with Crippen LogP contribution in [-0.4, -0.2) is 29.9 Å². The van der Waals surface area contributed by atoms with Crippen molar-refractivity contribution in [3.63, 3.8) is 0 Å². The van der Waals surface area contributed by atoms with Crippen LogP contribution >= 0.6 is 0 Å². The van der Waals surface area contributed by atoms with Crippen LogP contribution in [0.3, 0.4) is 0 Å². The quantitative estimate of drug-likeness (QED) is 0.857. The molecule has 1 aromatic carbocycles. The molecule has 0 saturated carbocycles. The number of likely N-dealkylation sites (tertiary alicyclic amines) is 1. The van der Waals surface area contributed by atoms with E-state index in [9.17, 15) is 4.79 Å². The van der Waals surface area contributed by atoms with Crippen molar-refractivity contribution in [3.8, 4) is 12.3 Å². The van der Waals surface area contributed by atoms with Crippen LogP contribution < -0.4 is 5.32 Å². The Kier molecular flexibility index (Phi) is 4.81. The Morgan fingerprint density at radius 1 is 1.45 bits per heavy atom. The van der Waals surface area contributed by atoms with Crippen LogP contribution in [0.4, 0.5) is 5.69 Å². The third-order valence-corrected chi connectivity index (χ3v) is 4.07. The maximum absolute atomic E-state index is 12.5. The summed E-state index contributed by atoms with van der Waals surface area (Å²) >= 11 is 0. The summed E-state index contributed by atoms with van der Waals surface area (Å²) in [6.45, 7) is 5.54. The molecule has 0 radical (unpaired) electrons. The molecular weight excluding hydrogens is 248 g/mol. The van der Waals surface area contributed by atoms with E-state index < -0.39 is 0 Å². The monoisotopic (exact) mass is 270 g/mol. The van der Waals surface area contributed by atoms with Gasteiger partial charge in [0.2, 0.25) is 5.91 Å². The van der Waals surface area contributed by atoms with Crippen molar-refractivity contribution in [2.45, 2.75) is 39.2 Å². The van der Waals surface area contributed by atoms with Crippen molar-refractivity contribution in [1.29, 1.82) is 0 Å². The van der Waals surface area contributed by atoms with Crippen LogP contribution in [-0.2, 0) is 4.79 Å². The summed E-state index contributed by atoms with van der Waals surface area (Å²) in [5.74, 6) is 2.72. The number of nitrogens with zero attached hydrogens (tertiary/aromatic N) is 1. The molecule has 1 atom stereocenters. The number of amides is 1. The van der Waals surface area contributed by atoms with Crippen LogP contribution in [0.2, 0.25) is 0 Å². The molecule has 1 aromatic rings. The standard InChI is InChI=1S/C17H22N2O/c1-4-11-19-12-6-5-10-16(19)17(20)18-15-9-7-8-13(2)14(15)3/h1,7-9,16H,5-6,10-12H2,2-3H3,(H,18,20).